The highest BCUT2D eigenvalue weighted by Crippen LogP contribution is 2.35. The minimum Gasteiger partial charge on any atom is -0.211 e. The van der Waals surface area contributed by atoms with Gasteiger partial charge in [0.1, 0.15) is 9.23 Å². The van der Waals surface area contributed by atoms with Gasteiger partial charge in [-0.25, -0.2) is 13.1 Å². The van der Waals surface area contributed by atoms with E-state index in [9.17, 15) is 8.42 Å². The van der Waals surface area contributed by atoms with Crippen LogP contribution in [-0.4, -0.2) is 20.3 Å². The summed E-state index contributed by atoms with van der Waals surface area (Å²) in [6.45, 7) is 0.461. The van der Waals surface area contributed by atoms with E-state index < -0.39 is 10.0 Å². The fourth-order valence-electron chi connectivity index (χ4n) is 2.56. The topological polar surface area (TPSA) is 46.2 Å². The molecule has 2 rings (SSSR count). The van der Waals surface area contributed by atoms with E-state index in [1.165, 1.54) is 18.9 Å². The first-order chi connectivity index (χ1) is 9.44. The van der Waals surface area contributed by atoms with Crippen molar-refractivity contribution in [2.24, 2.45) is 11.8 Å². The predicted molar refractivity (Wildman–Crippen MR) is 88.8 cm³/mol. The van der Waals surface area contributed by atoms with Gasteiger partial charge < -0.3 is 0 Å². The summed E-state index contributed by atoms with van der Waals surface area (Å²) in [5.74, 6) is 0.916. The zero-order valence-corrected chi connectivity index (χ0v) is 15.5. The van der Waals surface area contributed by atoms with Crippen molar-refractivity contribution in [2.45, 2.75) is 30.6 Å². The van der Waals surface area contributed by atoms with Crippen molar-refractivity contribution in [3.05, 3.63) is 14.7 Å². The minimum absolute atomic E-state index is 0.0837. The second kappa shape index (κ2) is 7.29. The predicted octanol–water partition coefficient (Wildman–Crippen LogP) is 4.53. The van der Waals surface area contributed by atoms with Crippen molar-refractivity contribution < 1.29 is 8.42 Å². The Morgan fingerprint density at radius 1 is 1.30 bits per heavy atom. The molecule has 1 fully saturated rings. The van der Waals surface area contributed by atoms with Crippen LogP contribution >= 0.6 is 50.5 Å². The van der Waals surface area contributed by atoms with Crippen LogP contribution in [0.25, 0.3) is 0 Å². The smallest absolute Gasteiger partial charge is 0.211 e. The number of nitrogens with one attached hydrogen (secondary N) is 1. The van der Waals surface area contributed by atoms with Crippen LogP contribution in [-0.2, 0) is 10.0 Å². The second-order valence-electron chi connectivity index (χ2n) is 5.00. The Hall–Kier alpha value is 0.670. The van der Waals surface area contributed by atoms with Crippen LogP contribution in [0.4, 0.5) is 0 Å². The molecule has 3 nitrogen and oxygen atoms in total. The van der Waals surface area contributed by atoms with Crippen LogP contribution < -0.4 is 4.72 Å². The van der Waals surface area contributed by atoms with E-state index in [1.807, 2.05) is 0 Å². The number of rotatable bonds is 5. The molecule has 1 N–H and O–H groups in total. The molecule has 20 heavy (non-hydrogen) atoms. The molecule has 1 aliphatic carbocycles. The summed E-state index contributed by atoms with van der Waals surface area (Å²) in [4.78, 5) is 0.0837. The Bertz CT molecular complexity index is 562. The maximum Gasteiger partial charge on any atom is 0.242 e. The van der Waals surface area contributed by atoms with Gasteiger partial charge in [0, 0.05) is 11.9 Å². The molecule has 2 atom stereocenters. The molecule has 2 unspecified atom stereocenters. The normalized spacial score (nSPS) is 23.9. The first-order valence-electron chi connectivity index (χ1n) is 6.44. The molecule has 8 heteroatoms. The molecule has 1 aliphatic rings. The van der Waals surface area contributed by atoms with E-state index in [1.54, 1.807) is 0 Å². The van der Waals surface area contributed by atoms with E-state index >= 15 is 0 Å². The Balaban J connectivity index is 2.03. The Morgan fingerprint density at radius 2 is 1.95 bits per heavy atom. The standard InChI is InChI=1S/C12H16BrCl2NO2S2/c13-6-8-3-1-2-4-9(8)7-16-20(17,18)10-5-11(14)19-12(10)15/h5,8-9,16H,1-4,6-7H2. The van der Waals surface area contributed by atoms with Gasteiger partial charge in [-0.15, -0.1) is 11.3 Å². The monoisotopic (exact) mass is 419 g/mol. The molecule has 0 spiro atoms. The lowest BCUT2D eigenvalue weighted by Gasteiger charge is -2.30. The zero-order valence-electron chi connectivity index (χ0n) is 10.7. The van der Waals surface area contributed by atoms with Crippen LogP contribution in [0.2, 0.25) is 8.67 Å². The highest BCUT2D eigenvalue weighted by Gasteiger charge is 2.27. The molecule has 0 amide bonds. The number of halogens is 3. The summed E-state index contributed by atoms with van der Waals surface area (Å²) in [6, 6.07) is 1.40. The quantitative estimate of drug-likeness (QED) is 0.711. The highest BCUT2D eigenvalue weighted by atomic mass is 79.9. The fourth-order valence-corrected chi connectivity index (χ4v) is 6.65. The van der Waals surface area contributed by atoms with Crippen LogP contribution in [0.15, 0.2) is 11.0 Å². The lowest BCUT2D eigenvalue weighted by Crippen LogP contribution is -2.34. The lowest BCUT2D eigenvalue weighted by molar-refractivity contribution is 0.263. The van der Waals surface area contributed by atoms with Crippen molar-refractivity contribution in [2.75, 3.05) is 11.9 Å². The average molecular weight is 421 g/mol. The molecule has 114 valence electrons. The Morgan fingerprint density at radius 3 is 2.50 bits per heavy atom. The number of alkyl halides is 1. The fraction of sp³-hybridized carbons (Fsp3) is 0.667. The summed E-state index contributed by atoms with van der Waals surface area (Å²) in [7, 11) is -3.57. The van der Waals surface area contributed by atoms with Gasteiger partial charge in [-0.2, -0.15) is 0 Å². The number of sulfonamides is 1. The average Bonchev–Trinajstić information content (AvgIpc) is 2.76. The molecule has 1 heterocycles. The first-order valence-corrected chi connectivity index (χ1v) is 10.6. The van der Waals surface area contributed by atoms with Gasteiger partial charge in [0.25, 0.3) is 0 Å². The number of hydrogen-bond donors (Lipinski definition) is 1. The molecule has 0 aliphatic heterocycles. The van der Waals surface area contributed by atoms with Crippen LogP contribution in [0.3, 0.4) is 0 Å². The molecule has 0 bridgehead atoms. The van der Waals surface area contributed by atoms with E-state index in [-0.39, 0.29) is 9.23 Å². The summed E-state index contributed by atoms with van der Waals surface area (Å²) in [5.41, 5.74) is 0. The molecular weight excluding hydrogens is 405 g/mol. The molecule has 1 saturated carbocycles. The Kier molecular flexibility index (Phi) is 6.21. The lowest BCUT2D eigenvalue weighted by atomic mass is 9.80. The van der Waals surface area contributed by atoms with E-state index in [0.717, 1.165) is 29.5 Å². The van der Waals surface area contributed by atoms with Crippen molar-refractivity contribution in [1.29, 1.82) is 0 Å². The van der Waals surface area contributed by atoms with Crippen LogP contribution in [0.5, 0.6) is 0 Å². The molecule has 0 saturated heterocycles. The minimum atomic E-state index is -3.57. The van der Waals surface area contributed by atoms with Gasteiger partial charge in [-0.3, -0.25) is 0 Å². The third-order valence-corrected chi connectivity index (χ3v) is 7.72. The van der Waals surface area contributed by atoms with Gasteiger partial charge in [0.05, 0.1) is 4.34 Å². The van der Waals surface area contributed by atoms with Crippen LogP contribution in [0, 0.1) is 11.8 Å². The van der Waals surface area contributed by atoms with Crippen molar-refractivity contribution in [3.63, 3.8) is 0 Å². The largest absolute Gasteiger partial charge is 0.242 e. The van der Waals surface area contributed by atoms with Crippen molar-refractivity contribution in [3.8, 4) is 0 Å². The molecule has 0 aromatic carbocycles. The van der Waals surface area contributed by atoms with E-state index in [2.05, 4.69) is 20.7 Å². The van der Waals surface area contributed by atoms with Gasteiger partial charge in [-0.05, 0) is 30.7 Å². The van der Waals surface area contributed by atoms with Gasteiger partial charge >= 0.3 is 0 Å². The molecular formula is C12H16BrCl2NO2S2. The van der Waals surface area contributed by atoms with Gasteiger partial charge in [0.15, 0.2) is 0 Å². The second-order valence-corrected chi connectivity index (χ2v) is 9.67. The summed E-state index contributed by atoms with van der Waals surface area (Å²) in [5, 5.41) is 0.921. The molecule has 0 radical (unpaired) electrons. The van der Waals surface area contributed by atoms with Crippen molar-refractivity contribution in [1.82, 2.24) is 4.72 Å². The molecule has 1 aromatic heterocycles. The number of thiophene rings is 1. The zero-order chi connectivity index (χ0) is 14.8. The van der Waals surface area contributed by atoms with Crippen molar-refractivity contribution >= 4 is 60.5 Å². The van der Waals surface area contributed by atoms with E-state index in [4.69, 9.17) is 23.2 Å². The van der Waals surface area contributed by atoms with Gasteiger partial charge in [0.2, 0.25) is 10.0 Å². The maximum atomic E-state index is 12.2. The Labute approximate surface area is 142 Å². The third-order valence-electron chi connectivity index (χ3n) is 3.72. The third kappa shape index (κ3) is 4.11. The van der Waals surface area contributed by atoms with Crippen LogP contribution in [0.1, 0.15) is 25.7 Å². The summed E-state index contributed by atoms with van der Waals surface area (Å²) < 4.78 is 27.8. The molecule has 1 aromatic rings. The first kappa shape index (κ1) is 17.0. The summed E-state index contributed by atoms with van der Waals surface area (Å²) >= 11 is 16.3. The summed E-state index contributed by atoms with van der Waals surface area (Å²) in [6.07, 6.45) is 4.62. The van der Waals surface area contributed by atoms with Gasteiger partial charge in [-0.1, -0.05) is 52.0 Å². The SMILES string of the molecule is O=S(=O)(NCC1CCCCC1CBr)c1cc(Cl)sc1Cl. The maximum absolute atomic E-state index is 12.2. The van der Waals surface area contributed by atoms with E-state index in [0.29, 0.717) is 22.7 Å². The number of hydrogen-bond acceptors (Lipinski definition) is 3. The highest BCUT2D eigenvalue weighted by molar-refractivity contribution is 9.09.